The van der Waals surface area contributed by atoms with E-state index >= 15 is 0 Å². The molecule has 1 spiro atoms. The van der Waals surface area contributed by atoms with E-state index in [1.54, 1.807) is 0 Å². The van der Waals surface area contributed by atoms with Crippen molar-refractivity contribution in [1.82, 2.24) is 5.32 Å². The van der Waals surface area contributed by atoms with E-state index in [1.807, 2.05) is 7.11 Å². The van der Waals surface area contributed by atoms with Gasteiger partial charge >= 0.3 is 0 Å². The summed E-state index contributed by atoms with van der Waals surface area (Å²) in [7, 11) is 1.86. The fraction of sp³-hybridized carbons (Fsp3) is 1.00. The molecule has 88 valence electrons. The Labute approximate surface area is 93.8 Å². The maximum absolute atomic E-state index is 5.45. The van der Waals surface area contributed by atoms with Gasteiger partial charge in [-0.3, -0.25) is 0 Å². The third-order valence-corrected chi connectivity index (χ3v) is 4.41. The molecule has 1 atom stereocenters. The highest BCUT2D eigenvalue weighted by Gasteiger charge is 2.50. The van der Waals surface area contributed by atoms with Crippen LogP contribution in [0, 0.1) is 17.3 Å². The highest BCUT2D eigenvalue weighted by Crippen LogP contribution is 2.53. The van der Waals surface area contributed by atoms with Gasteiger partial charge < -0.3 is 10.1 Å². The molecule has 1 saturated carbocycles. The smallest absolute Gasteiger partial charge is 0.0582 e. The van der Waals surface area contributed by atoms with Crippen molar-refractivity contribution in [3.05, 3.63) is 0 Å². The van der Waals surface area contributed by atoms with Gasteiger partial charge in [0.1, 0.15) is 0 Å². The van der Waals surface area contributed by atoms with Gasteiger partial charge in [-0.2, -0.15) is 0 Å². The molecule has 0 amide bonds. The van der Waals surface area contributed by atoms with Crippen LogP contribution in [0.4, 0.5) is 0 Å². The third-order valence-electron chi connectivity index (χ3n) is 4.41. The Hall–Kier alpha value is -0.0800. The first-order chi connectivity index (χ1) is 7.16. The van der Waals surface area contributed by atoms with Crippen LogP contribution >= 0.6 is 0 Å². The minimum Gasteiger partial charge on any atom is -0.381 e. The molecule has 0 aromatic rings. The minimum atomic E-state index is 0.553. The average Bonchev–Trinajstić information content (AvgIpc) is 2.14. The molecule has 2 rings (SSSR count). The highest BCUT2D eigenvalue weighted by atomic mass is 16.5. The van der Waals surface area contributed by atoms with Crippen molar-refractivity contribution < 1.29 is 4.74 Å². The van der Waals surface area contributed by atoms with E-state index in [-0.39, 0.29) is 0 Å². The van der Waals surface area contributed by atoms with Crippen LogP contribution < -0.4 is 5.32 Å². The second-order valence-corrected chi connectivity index (χ2v) is 5.91. The van der Waals surface area contributed by atoms with Gasteiger partial charge in [-0.15, -0.1) is 0 Å². The molecule has 2 aliphatic rings. The Balaban J connectivity index is 1.95. The van der Waals surface area contributed by atoms with Gasteiger partial charge in [-0.25, -0.2) is 0 Å². The highest BCUT2D eigenvalue weighted by molar-refractivity contribution is 5.02. The summed E-state index contributed by atoms with van der Waals surface area (Å²) >= 11 is 0. The second-order valence-electron chi connectivity index (χ2n) is 5.91. The molecule has 1 unspecified atom stereocenters. The number of methoxy groups -OCH3 is 1. The number of nitrogens with one attached hydrogen (secondary N) is 1. The van der Waals surface area contributed by atoms with E-state index in [4.69, 9.17) is 4.74 Å². The fourth-order valence-corrected chi connectivity index (χ4v) is 3.49. The first-order valence-electron chi connectivity index (χ1n) is 6.40. The van der Waals surface area contributed by atoms with Crippen LogP contribution in [0.3, 0.4) is 0 Å². The lowest BCUT2D eigenvalue weighted by Crippen LogP contribution is -2.54. The molecular weight excluding hydrogens is 186 g/mol. The molecule has 1 aliphatic heterocycles. The van der Waals surface area contributed by atoms with Crippen molar-refractivity contribution in [2.45, 2.75) is 45.6 Å². The molecule has 2 heteroatoms. The van der Waals surface area contributed by atoms with E-state index in [9.17, 15) is 0 Å². The van der Waals surface area contributed by atoms with Crippen molar-refractivity contribution in [3.8, 4) is 0 Å². The molecule has 1 aliphatic carbocycles. The van der Waals surface area contributed by atoms with Crippen molar-refractivity contribution in [2.75, 3.05) is 20.2 Å². The van der Waals surface area contributed by atoms with Gasteiger partial charge in [-0.05, 0) is 56.0 Å². The summed E-state index contributed by atoms with van der Waals surface area (Å²) in [4.78, 5) is 0. The Bertz CT molecular complexity index is 209. The molecule has 0 bridgehead atoms. The van der Waals surface area contributed by atoms with E-state index in [0.717, 1.165) is 11.8 Å². The fourth-order valence-electron chi connectivity index (χ4n) is 3.49. The number of ether oxygens (including phenoxy) is 1. The maximum atomic E-state index is 5.45. The zero-order valence-corrected chi connectivity index (χ0v) is 10.4. The molecular formula is C13H25NO. The zero-order valence-electron chi connectivity index (χ0n) is 10.4. The summed E-state index contributed by atoms with van der Waals surface area (Å²) in [5.74, 6) is 1.71. The predicted octanol–water partition coefficient (Wildman–Crippen LogP) is 2.44. The minimum absolute atomic E-state index is 0.553. The average molecular weight is 211 g/mol. The lowest BCUT2D eigenvalue weighted by Gasteiger charge is -2.55. The van der Waals surface area contributed by atoms with E-state index < -0.39 is 0 Å². The molecule has 0 radical (unpaired) electrons. The van der Waals surface area contributed by atoms with Gasteiger partial charge in [0.25, 0.3) is 0 Å². The van der Waals surface area contributed by atoms with E-state index in [0.29, 0.717) is 11.5 Å². The first-order valence-corrected chi connectivity index (χ1v) is 6.40. The lowest BCUT2D eigenvalue weighted by atomic mass is 9.55. The van der Waals surface area contributed by atoms with Crippen LogP contribution in [0.2, 0.25) is 0 Å². The molecule has 2 fully saturated rings. The van der Waals surface area contributed by atoms with Crippen LogP contribution in [-0.4, -0.2) is 26.3 Å². The number of hydrogen-bond donors (Lipinski definition) is 1. The van der Waals surface area contributed by atoms with Crippen LogP contribution in [0.25, 0.3) is 0 Å². The lowest BCUT2D eigenvalue weighted by molar-refractivity contribution is -0.107. The first kappa shape index (κ1) is 11.4. The predicted molar refractivity (Wildman–Crippen MR) is 62.9 cm³/mol. The Morgan fingerprint density at radius 1 is 1.40 bits per heavy atom. The van der Waals surface area contributed by atoms with Crippen molar-refractivity contribution in [2.24, 2.45) is 17.3 Å². The summed E-state index contributed by atoms with van der Waals surface area (Å²) in [6.45, 7) is 7.13. The van der Waals surface area contributed by atoms with E-state index in [1.165, 1.54) is 38.8 Å². The second kappa shape index (κ2) is 4.42. The Morgan fingerprint density at radius 2 is 2.13 bits per heavy atom. The molecule has 15 heavy (non-hydrogen) atoms. The SMILES string of the molecule is COC1CC2(CCNCC2CC(C)C)C1. The van der Waals surface area contributed by atoms with Gasteiger partial charge in [-0.1, -0.05) is 13.8 Å². The normalized spacial score (nSPS) is 40.8. The molecule has 2 nitrogen and oxygen atoms in total. The van der Waals surface area contributed by atoms with E-state index in [2.05, 4.69) is 19.2 Å². The third kappa shape index (κ3) is 2.21. The summed E-state index contributed by atoms with van der Waals surface area (Å²) in [6.07, 6.45) is 5.91. The topological polar surface area (TPSA) is 21.3 Å². The molecule has 0 aromatic carbocycles. The van der Waals surface area contributed by atoms with Crippen LogP contribution in [0.1, 0.15) is 39.5 Å². The molecule has 1 saturated heterocycles. The van der Waals surface area contributed by atoms with Crippen molar-refractivity contribution in [1.29, 1.82) is 0 Å². The van der Waals surface area contributed by atoms with Crippen LogP contribution in [0.15, 0.2) is 0 Å². The van der Waals surface area contributed by atoms with Gasteiger partial charge in [0, 0.05) is 7.11 Å². The zero-order chi connectivity index (χ0) is 10.9. The molecule has 1 N–H and O–H groups in total. The number of hydrogen-bond acceptors (Lipinski definition) is 2. The summed E-state index contributed by atoms with van der Waals surface area (Å²) in [6, 6.07) is 0. The monoisotopic (exact) mass is 211 g/mol. The van der Waals surface area contributed by atoms with Gasteiger partial charge in [0.05, 0.1) is 6.10 Å². The van der Waals surface area contributed by atoms with Crippen molar-refractivity contribution in [3.63, 3.8) is 0 Å². The Kier molecular flexibility index (Phi) is 3.36. The maximum Gasteiger partial charge on any atom is 0.0582 e. The van der Waals surface area contributed by atoms with Gasteiger partial charge in [0.2, 0.25) is 0 Å². The van der Waals surface area contributed by atoms with Crippen LogP contribution in [-0.2, 0) is 4.74 Å². The molecule has 0 aromatic heterocycles. The Morgan fingerprint density at radius 3 is 2.73 bits per heavy atom. The number of piperidine rings is 1. The summed E-state index contributed by atoms with van der Waals surface area (Å²) in [5, 5.41) is 3.56. The van der Waals surface area contributed by atoms with Crippen LogP contribution in [0.5, 0.6) is 0 Å². The standard InChI is InChI=1S/C13H25NO/c1-10(2)6-11-9-14-5-4-13(11)7-12(8-13)15-3/h10-12,14H,4-9H2,1-3H3. The summed E-state index contributed by atoms with van der Waals surface area (Å²) < 4.78 is 5.45. The van der Waals surface area contributed by atoms with Crippen molar-refractivity contribution >= 4 is 0 Å². The summed E-state index contributed by atoms with van der Waals surface area (Å²) in [5.41, 5.74) is 0.635. The largest absolute Gasteiger partial charge is 0.381 e. The van der Waals surface area contributed by atoms with Gasteiger partial charge in [0.15, 0.2) is 0 Å². The number of rotatable bonds is 3. The molecule has 1 heterocycles. The quantitative estimate of drug-likeness (QED) is 0.774.